The van der Waals surface area contributed by atoms with Crippen molar-refractivity contribution in [1.82, 2.24) is 5.32 Å². The molecule has 2 aromatic carbocycles. The van der Waals surface area contributed by atoms with Gasteiger partial charge in [0.25, 0.3) is 0 Å². The topological polar surface area (TPSA) is 38.3 Å². The predicted molar refractivity (Wildman–Crippen MR) is 109 cm³/mol. The van der Waals surface area contributed by atoms with Gasteiger partial charge in [0, 0.05) is 22.8 Å². The number of thioether (sulfide) groups is 1. The Labute approximate surface area is 168 Å². The number of halogens is 2. The Balaban J connectivity index is 1.60. The van der Waals surface area contributed by atoms with E-state index in [1.165, 1.54) is 17.8 Å². The number of aryl methyl sites for hydroxylation is 1. The van der Waals surface area contributed by atoms with Crippen LogP contribution in [0.15, 0.2) is 36.4 Å². The zero-order valence-electron chi connectivity index (χ0n) is 15.6. The molecule has 0 radical (unpaired) electrons. The summed E-state index contributed by atoms with van der Waals surface area (Å²) in [5, 5.41) is 3.48. The maximum atomic E-state index is 13.8. The molecule has 1 aliphatic rings. The average molecular weight is 408 g/mol. The first-order chi connectivity index (χ1) is 12.7. The van der Waals surface area contributed by atoms with Crippen molar-refractivity contribution in [3.8, 4) is 5.75 Å². The van der Waals surface area contributed by atoms with Crippen molar-refractivity contribution in [2.75, 3.05) is 5.75 Å². The molecule has 0 fully saturated rings. The van der Waals surface area contributed by atoms with Crippen molar-refractivity contribution in [1.29, 1.82) is 0 Å². The molecule has 6 heteroatoms. The lowest BCUT2D eigenvalue weighted by molar-refractivity contribution is -0.119. The van der Waals surface area contributed by atoms with E-state index >= 15 is 0 Å². The number of carbonyl (C=O) groups is 1. The van der Waals surface area contributed by atoms with Crippen LogP contribution in [0, 0.1) is 12.7 Å². The fraction of sp³-hybridized carbons (Fsp3) is 0.381. The number of nitrogens with one attached hydrogen (secondary N) is 1. The van der Waals surface area contributed by atoms with Crippen LogP contribution in [0.3, 0.4) is 0 Å². The molecule has 0 spiro atoms. The number of benzene rings is 2. The highest BCUT2D eigenvalue weighted by Gasteiger charge is 2.34. The van der Waals surface area contributed by atoms with E-state index in [0.29, 0.717) is 22.8 Å². The molecular weight excluding hydrogens is 385 g/mol. The largest absolute Gasteiger partial charge is 0.487 e. The molecule has 0 aromatic heterocycles. The summed E-state index contributed by atoms with van der Waals surface area (Å²) in [6, 6.07) is 10.6. The Morgan fingerprint density at radius 3 is 2.85 bits per heavy atom. The van der Waals surface area contributed by atoms with E-state index in [4.69, 9.17) is 16.3 Å². The molecule has 0 saturated heterocycles. The van der Waals surface area contributed by atoms with Crippen LogP contribution in [0.25, 0.3) is 0 Å². The van der Waals surface area contributed by atoms with Crippen LogP contribution in [0.1, 0.15) is 43.0 Å². The van der Waals surface area contributed by atoms with E-state index in [-0.39, 0.29) is 29.1 Å². The van der Waals surface area contributed by atoms with Crippen molar-refractivity contribution in [3.63, 3.8) is 0 Å². The highest BCUT2D eigenvalue weighted by molar-refractivity contribution is 7.99. The molecule has 0 aliphatic carbocycles. The SMILES string of the molecule is Cc1ccc2c(c1)OC(C)(C)CC2NC(=O)CSCc1ccc(Cl)cc1F. The van der Waals surface area contributed by atoms with E-state index in [9.17, 15) is 9.18 Å². The summed E-state index contributed by atoms with van der Waals surface area (Å²) in [6.45, 7) is 6.07. The normalized spacial score (nSPS) is 17.7. The van der Waals surface area contributed by atoms with Gasteiger partial charge < -0.3 is 10.1 Å². The van der Waals surface area contributed by atoms with Crippen LogP contribution in [0.5, 0.6) is 5.75 Å². The minimum absolute atomic E-state index is 0.0661. The second-order valence-corrected chi connectivity index (χ2v) is 8.88. The second-order valence-electron chi connectivity index (χ2n) is 7.46. The number of amides is 1. The maximum Gasteiger partial charge on any atom is 0.230 e. The first-order valence-corrected chi connectivity index (χ1v) is 10.4. The minimum atomic E-state index is -0.349. The van der Waals surface area contributed by atoms with Crippen molar-refractivity contribution in [3.05, 3.63) is 63.9 Å². The highest BCUT2D eigenvalue weighted by atomic mass is 35.5. The summed E-state index contributed by atoms with van der Waals surface area (Å²) >= 11 is 7.14. The van der Waals surface area contributed by atoms with Gasteiger partial charge in [-0.3, -0.25) is 4.79 Å². The molecule has 3 rings (SSSR count). The number of carbonyl (C=O) groups excluding carboxylic acids is 1. The quantitative estimate of drug-likeness (QED) is 0.717. The van der Waals surface area contributed by atoms with Crippen LogP contribution >= 0.6 is 23.4 Å². The lowest BCUT2D eigenvalue weighted by atomic mass is 9.89. The van der Waals surface area contributed by atoms with Gasteiger partial charge in [-0.05, 0) is 50.1 Å². The Bertz CT molecular complexity index is 856. The molecule has 1 unspecified atom stereocenters. The summed E-state index contributed by atoms with van der Waals surface area (Å²) in [6.07, 6.45) is 0.700. The van der Waals surface area contributed by atoms with Crippen molar-refractivity contribution < 1.29 is 13.9 Å². The Morgan fingerprint density at radius 2 is 2.11 bits per heavy atom. The standard InChI is InChI=1S/C21H23ClFNO2S/c1-13-4-7-16-18(10-21(2,3)26-19(16)8-13)24-20(25)12-27-11-14-5-6-15(22)9-17(14)23/h4-9,18H,10-12H2,1-3H3,(H,24,25). The fourth-order valence-electron chi connectivity index (χ4n) is 3.22. The summed E-state index contributed by atoms with van der Waals surface area (Å²) in [5.74, 6) is 1.11. The Hall–Kier alpha value is -1.72. The lowest BCUT2D eigenvalue weighted by Crippen LogP contribution is -2.41. The number of rotatable bonds is 5. The molecule has 1 N–H and O–H groups in total. The van der Waals surface area contributed by atoms with E-state index < -0.39 is 0 Å². The molecule has 144 valence electrons. The molecule has 1 amide bonds. The lowest BCUT2D eigenvalue weighted by Gasteiger charge is -2.38. The van der Waals surface area contributed by atoms with E-state index in [1.54, 1.807) is 12.1 Å². The molecule has 0 saturated carbocycles. The van der Waals surface area contributed by atoms with Gasteiger partial charge in [0.15, 0.2) is 0 Å². The van der Waals surface area contributed by atoms with Gasteiger partial charge in [-0.15, -0.1) is 11.8 Å². The van der Waals surface area contributed by atoms with Crippen LogP contribution in [-0.4, -0.2) is 17.3 Å². The molecular formula is C21H23ClFNO2S. The van der Waals surface area contributed by atoms with E-state index in [0.717, 1.165) is 16.9 Å². The summed E-state index contributed by atoms with van der Waals surface area (Å²) in [4.78, 5) is 12.4. The highest BCUT2D eigenvalue weighted by Crippen LogP contribution is 2.39. The third-order valence-corrected chi connectivity index (χ3v) is 5.68. The van der Waals surface area contributed by atoms with Crippen LogP contribution < -0.4 is 10.1 Å². The van der Waals surface area contributed by atoms with E-state index in [2.05, 4.69) is 5.32 Å². The van der Waals surface area contributed by atoms with Crippen LogP contribution in [0.4, 0.5) is 4.39 Å². The van der Waals surface area contributed by atoms with Gasteiger partial charge in [0.2, 0.25) is 5.91 Å². The molecule has 1 heterocycles. The Morgan fingerprint density at radius 1 is 1.33 bits per heavy atom. The summed E-state index contributed by atoms with van der Waals surface area (Å²) < 4.78 is 19.9. The molecule has 1 atom stereocenters. The van der Waals surface area contributed by atoms with Gasteiger partial charge in [0.1, 0.15) is 17.2 Å². The van der Waals surface area contributed by atoms with Gasteiger partial charge in [-0.2, -0.15) is 0 Å². The summed E-state index contributed by atoms with van der Waals surface area (Å²) in [7, 11) is 0. The number of ether oxygens (including phenoxy) is 1. The first-order valence-electron chi connectivity index (χ1n) is 8.84. The minimum Gasteiger partial charge on any atom is -0.487 e. The first kappa shape index (κ1) is 20.0. The van der Waals surface area contributed by atoms with Crippen molar-refractivity contribution in [2.45, 2.75) is 44.6 Å². The predicted octanol–water partition coefficient (Wildman–Crippen LogP) is 5.44. The van der Waals surface area contributed by atoms with Crippen molar-refractivity contribution in [2.24, 2.45) is 0 Å². The van der Waals surface area contributed by atoms with Crippen LogP contribution in [-0.2, 0) is 10.5 Å². The third-order valence-electron chi connectivity index (χ3n) is 4.47. The van der Waals surface area contributed by atoms with Gasteiger partial charge >= 0.3 is 0 Å². The molecule has 1 aliphatic heterocycles. The van der Waals surface area contributed by atoms with Gasteiger partial charge in [-0.25, -0.2) is 4.39 Å². The smallest absolute Gasteiger partial charge is 0.230 e. The second kappa shape index (κ2) is 8.11. The zero-order valence-corrected chi connectivity index (χ0v) is 17.2. The fourth-order valence-corrected chi connectivity index (χ4v) is 4.20. The number of hydrogen-bond donors (Lipinski definition) is 1. The monoisotopic (exact) mass is 407 g/mol. The molecule has 2 aromatic rings. The Kier molecular flexibility index (Phi) is 6.02. The number of hydrogen-bond acceptors (Lipinski definition) is 3. The average Bonchev–Trinajstić information content (AvgIpc) is 2.55. The molecule has 27 heavy (non-hydrogen) atoms. The number of fused-ring (bicyclic) bond motifs is 1. The molecule has 3 nitrogen and oxygen atoms in total. The van der Waals surface area contributed by atoms with Gasteiger partial charge in [0.05, 0.1) is 11.8 Å². The van der Waals surface area contributed by atoms with E-state index in [1.807, 2.05) is 39.0 Å². The zero-order chi connectivity index (χ0) is 19.6. The van der Waals surface area contributed by atoms with Crippen LogP contribution in [0.2, 0.25) is 5.02 Å². The summed E-state index contributed by atoms with van der Waals surface area (Å²) in [5.41, 5.74) is 2.32. The maximum absolute atomic E-state index is 13.8. The van der Waals surface area contributed by atoms with Crippen molar-refractivity contribution >= 4 is 29.3 Å². The third kappa shape index (κ3) is 5.17. The van der Waals surface area contributed by atoms with Gasteiger partial charge in [-0.1, -0.05) is 29.8 Å². The molecule has 0 bridgehead atoms.